The van der Waals surface area contributed by atoms with Crippen LogP contribution in [0.3, 0.4) is 0 Å². The number of amides is 1. The maximum absolute atomic E-state index is 13.2. The summed E-state index contributed by atoms with van der Waals surface area (Å²) in [7, 11) is 0. The van der Waals surface area contributed by atoms with Gasteiger partial charge in [0.1, 0.15) is 6.04 Å². The molecule has 1 unspecified atom stereocenters. The molecule has 1 amide bonds. The fourth-order valence-electron chi connectivity index (χ4n) is 5.26. The van der Waals surface area contributed by atoms with E-state index in [2.05, 4.69) is 15.3 Å². The van der Waals surface area contributed by atoms with Crippen molar-refractivity contribution in [2.24, 2.45) is 4.99 Å². The third-order valence-corrected chi connectivity index (χ3v) is 7.79. The van der Waals surface area contributed by atoms with Crippen LogP contribution in [-0.4, -0.2) is 51.1 Å². The average molecular weight is 530 g/mol. The van der Waals surface area contributed by atoms with Crippen LogP contribution in [0.5, 0.6) is 0 Å². The van der Waals surface area contributed by atoms with E-state index in [1.807, 2.05) is 0 Å². The van der Waals surface area contributed by atoms with E-state index in [-0.39, 0.29) is 18.4 Å². The predicted octanol–water partition coefficient (Wildman–Crippen LogP) is 5.42. The van der Waals surface area contributed by atoms with Crippen LogP contribution in [0.2, 0.25) is 0 Å². The molecule has 3 aromatic rings. The van der Waals surface area contributed by atoms with Crippen LogP contribution >= 0.6 is 11.3 Å². The van der Waals surface area contributed by atoms with E-state index in [1.165, 1.54) is 17.6 Å². The number of halogens is 3. The zero-order valence-electron chi connectivity index (χ0n) is 19.5. The number of aliphatic imine (C=N–C) groups is 1. The molecule has 2 aliphatic rings. The summed E-state index contributed by atoms with van der Waals surface area (Å²) < 4.78 is 39.3. The Morgan fingerprint density at radius 2 is 1.86 bits per heavy atom. The number of thiophene rings is 1. The van der Waals surface area contributed by atoms with E-state index in [4.69, 9.17) is 0 Å². The molecule has 3 N–H and O–H groups in total. The third kappa shape index (κ3) is 4.76. The van der Waals surface area contributed by atoms with Gasteiger partial charge in [0, 0.05) is 41.3 Å². The monoisotopic (exact) mass is 529 g/mol. The first-order valence-electron chi connectivity index (χ1n) is 11.4. The van der Waals surface area contributed by atoms with Crippen molar-refractivity contribution in [3.05, 3.63) is 64.7 Å². The minimum Gasteiger partial charge on any atom is -0.465 e. The quantitative estimate of drug-likeness (QED) is 0.409. The third-order valence-electron chi connectivity index (χ3n) is 6.61. The summed E-state index contributed by atoms with van der Waals surface area (Å²) in [5.74, 6) is -0.698. The number of aromatic nitrogens is 1. The van der Waals surface area contributed by atoms with Crippen molar-refractivity contribution in [3.8, 4) is 21.7 Å². The van der Waals surface area contributed by atoms with Gasteiger partial charge in [0.25, 0.3) is 0 Å². The number of pyridine rings is 1. The van der Waals surface area contributed by atoms with Crippen LogP contribution < -0.4 is 5.32 Å². The Morgan fingerprint density at radius 1 is 1.16 bits per heavy atom. The lowest BCUT2D eigenvalue weighted by atomic mass is 9.62. The smallest absolute Gasteiger partial charge is 0.405 e. The molecule has 0 radical (unpaired) electrons. The van der Waals surface area contributed by atoms with Gasteiger partial charge in [0.15, 0.2) is 5.78 Å². The molecule has 2 aromatic heterocycles. The maximum Gasteiger partial charge on any atom is 0.405 e. The van der Waals surface area contributed by atoms with Crippen molar-refractivity contribution >= 4 is 29.4 Å². The number of aliphatic hydroxyl groups is 1. The minimum atomic E-state index is -4.54. The first-order chi connectivity index (χ1) is 17.4. The fourth-order valence-corrected chi connectivity index (χ4v) is 6.46. The number of ketones is 1. The Bertz CT molecular complexity index is 1390. The molecular formula is C26H22F3N3O4S. The predicted molar refractivity (Wildman–Crippen MR) is 132 cm³/mol. The van der Waals surface area contributed by atoms with Gasteiger partial charge >= 0.3 is 12.3 Å². The van der Waals surface area contributed by atoms with E-state index in [0.29, 0.717) is 32.1 Å². The van der Waals surface area contributed by atoms with Crippen LogP contribution in [0.1, 0.15) is 47.0 Å². The van der Waals surface area contributed by atoms with Crippen LogP contribution in [0.25, 0.3) is 21.7 Å². The van der Waals surface area contributed by atoms with E-state index < -0.39 is 41.7 Å². The van der Waals surface area contributed by atoms with Gasteiger partial charge in [-0.15, -0.1) is 11.3 Å². The Labute approximate surface area is 213 Å². The molecule has 37 heavy (non-hydrogen) atoms. The molecule has 5 rings (SSSR count). The second-order valence-electron chi connectivity index (χ2n) is 9.68. The molecule has 0 saturated heterocycles. The highest BCUT2D eigenvalue weighted by Crippen LogP contribution is 2.49. The van der Waals surface area contributed by atoms with Gasteiger partial charge in [0.05, 0.1) is 28.1 Å². The van der Waals surface area contributed by atoms with Crippen LogP contribution in [0, 0.1) is 0 Å². The highest BCUT2D eigenvalue weighted by Gasteiger charge is 2.53. The summed E-state index contributed by atoms with van der Waals surface area (Å²) in [5, 5.41) is 22.1. The highest BCUT2D eigenvalue weighted by atomic mass is 32.1. The molecule has 1 aromatic carbocycles. The Hall–Kier alpha value is -3.57. The van der Waals surface area contributed by atoms with Crippen molar-refractivity contribution in [1.29, 1.82) is 0 Å². The number of carbonyl (C=O) groups is 2. The first-order valence-corrected chi connectivity index (χ1v) is 12.3. The van der Waals surface area contributed by atoms with Crippen molar-refractivity contribution in [1.82, 2.24) is 10.3 Å². The minimum absolute atomic E-state index is 0.172. The number of carboxylic acid groups (broad SMARTS) is 1. The number of Topliss-reactive ketones (excluding diaryl/α,β-unsaturated/α-hetero) is 1. The second-order valence-corrected chi connectivity index (χ2v) is 10.7. The molecule has 192 valence electrons. The SMILES string of the molecule is CC1(O)CC(NC(=O)O)(c2ccc(-c3sc4c(c3-c3ccccn3)C(=O)C(CC(F)(F)F)N=C4)cc2)C1. The summed E-state index contributed by atoms with van der Waals surface area (Å²) >= 11 is 1.24. The van der Waals surface area contributed by atoms with Gasteiger partial charge in [-0.05, 0) is 30.2 Å². The summed E-state index contributed by atoms with van der Waals surface area (Å²) in [4.78, 5) is 34.0. The molecule has 11 heteroatoms. The van der Waals surface area contributed by atoms with Gasteiger partial charge in [-0.2, -0.15) is 13.2 Å². The van der Waals surface area contributed by atoms with Gasteiger partial charge in [-0.1, -0.05) is 30.3 Å². The largest absolute Gasteiger partial charge is 0.465 e. The maximum atomic E-state index is 13.2. The number of rotatable bonds is 5. The molecule has 1 aliphatic carbocycles. The molecule has 0 spiro atoms. The van der Waals surface area contributed by atoms with Crippen molar-refractivity contribution in [2.45, 2.75) is 49.5 Å². The molecule has 1 aliphatic heterocycles. The van der Waals surface area contributed by atoms with Crippen LogP contribution in [0.4, 0.5) is 18.0 Å². The number of fused-ring (bicyclic) bond motifs is 1. The molecule has 0 bridgehead atoms. The molecule has 7 nitrogen and oxygen atoms in total. The molecule has 3 heterocycles. The zero-order chi connectivity index (χ0) is 26.6. The lowest BCUT2D eigenvalue weighted by Gasteiger charge is -2.51. The second kappa shape index (κ2) is 8.77. The number of nitrogens with one attached hydrogen (secondary N) is 1. The first kappa shape index (κ1) is 25.1. The van der Waals surface area contributed by atoms with Crippen molar-refractivity contribution in [3.63, 3.8) is 0 Å². The van der Waals surface area contributed by atoms with Gasteiger partial charge < -0.3 is 15.5 Å². The summed E-state index contributed by atoms with van der Waals surface area (Å²) in [6.45, 7) is 1.64. The van der Waals surface area contributed by atoms with E-state index in [9.17, 15) is 33.0 Å². The number of benzene rings is 1. The van der Waals surface area contributed by atoms with Crippen molar-refractivity contribution < 1.29 is 33.0 Å². The number of hydrogen-bond acceptors (Lipinski definition) is 6. The van der Waals surface area contributed by atoms with Gasteiger partial charge in [0.2, 0.25) is 0 Å². The van der Waals surface area contributed by atoms with Crippen molar-refractivity contribution in [2.75, 3.05) is 0 Å². The summed E-state index contributed by atoms with van der Waals surface area (Å²) in [6.07, 6.45) is -3.79. The van der Waals surface area contributed by atoms with Gasteiger partial charge in [-0.25, -0.2) is 4.79 Å². The fraction of sp³-hybridized carbons (Fsp3) is 0.308. The summed E-state index contributed by atoms with van der Waals surface area (Å²) in [5.41, 5.74) is 0.509. The number of carbonyl (C=O) groups excluding carboxylic acids is 1. The molecular weight excluding hydrogens is 507 g/mol. The standard InChI is InChI=1S/C26H22F3N3O4S/c1-24(36)12-25(13-24,32-23(34)35)15-7-5-14(6-8-15)22-19(16-4-2-3-9-30-16)20-18(37-22)11-31-17(21(20)33)10-26(27,28)29/h2-9,11,17,32,36H,10,12-13H2,1H3,(H,34,35). The van der Waals surface area contributed by atoms with E-state index in [0.717, 1.165) is 0 Å². The van der Waals surface area contributed by atoms with Crippen LogP contribution in [-0.2, 0) is 5.54 Å². The van der Waals surface area contributed by atoms with Gasteiger partial charge in [-0.3, -0.25) is 14.8 Å². The van der Waals surface area contributed by atoms with E-state index >= 15 is 0 Å². The number of alkyl halides is 3. The molecule has 1 fully saturated rings. The lowest BCUT2D eigenvalue weighted by Crippen LogP contribution is -2.61. The zero-order valence-corrected chi connectivity index (χ0v) is 20.4. The Morgan fingerprint density at radius 3 is 2.43 bits per heavy atom. The average Bonchev–Trinajstić information content (AvgIpc) is 3.19. The van der Waals surface area contributed by atoms with E-state index in [1.54, 1.807) is 55.6 Å². The number of hydrogen-bond donors (Lipinski definition) is 3. The Balaban J connectivity index is 1.57. The Kier molecular flexibility index (Phi) is 5.95. The molecule has 1 saturated carbocycles. The lowest BCUT2D eigenvalue weighted by molar-refractivity contribution is -0.135. The molecule has 1 atom stereocenters. The van der Waals surface area contributed by atoms with Crippen LogP contribution in [0.15, 0.2) is 53.7 Å². The summed E-state index contributed by atoms with van der Waals surface area (Å²) in [6, 6.07) is 10.6. The number of nitrogens with zero attached hydrogens (tertiary/aromatic N) is 2. The highest BCUT2D eigenvalue weighted by molar-refractivity contribution is 7.18. The topological polar surface area (TPSA) is 112 Å². The normalized spacial score (nSPS) is 24.9.